The van der Waals surface area contributed by atoms with Crippen molar-refractivity contribution >= 4 is 29.0 Å². The number of rotatable bonds is 4. The van der Waals surface area contributed by atoms with Gasteiger partial charge in [-0.05, 0) is 30.6 Å². The predicted octanol–water partition coefficient (Wildman–Crippen LogP) is 1.55. The van der Waals surface area contributed by atoms with Crippen LogP contribution in [0, 0.1) is 0 Å². The van der Waals surface area contributed by atoms with Crippen LogP contribution in [0.15, 0.2) is 24.3 Å². The monoisotopic (exact) mass is 279 g/mol. The Kier molecular flexibility index (Phi) is 4.71. The molecule has 0 unspecified atom stereocenters. The number of anilines is 2. The van der Waals surface area contributed by atoms with E-state index in [0.29, 0.717) is 6.54 Å². The number of para-hydroxylation sites is 2. The van der Waals surface area contributed by atoms with Gasteiger partial charge in [0.15, 0.2) is 0 Å². The van der Waals surface area contributed by atoms with Crippen molar-refractivity contribution in [3.8, 4) is 0 Å². The molecule has 0 saturated heterocycles. The molecule has 104 valence electrons. The average molecular weight is 279 g/mol. The first kappa shape index (κ1) is 14.2. The fourth-order valence-corrected chi connectivity index (χ4v) is 2.79. The molecule has 1 aromatic rings. The van der Waals surface area contributed by atoms with E-state index >= 15 is 0 Å². The highest BCUT2D eigenvalue weighted by atomic mass is 32.2. The van der Waals surface area contributed by atoms with Crippen molar-refractivity contribution in [2.45, 2.75) is 12.5 Å². The molecule has 0 bridgehead atoms. The molecule has 19 heavy (non-hydrogen) atoms. The van der Waals surface area contributed by atoms with Gasteiger partial charge in [-0.25, -0.2) is 0 Å². The lowest BCUT2D eigenvalue weighted by Gasteiger charge is -2.36. The number of carbonyl (C=O) groups excluding carboxylic acids is 1. The number of likely N-dealkylation sites (N-methyl/N-ethyl adjacent to an activating group) is 1. The van der Waals surface area contributed by atoms with Crippen LogP contribution in [0.3, 0.4) is 0 Å². The summed E-state index contributed by atoms with van der Waals surface area (Å²) in [6.07, 6.45) is 2.76. The van der Waals surface area contributed by atoms with Gasteiger partial charge in [0.2, 0.25) is 5.91 Å². The van der Waals surface area contributed by atoms with Gasteiger partial charge in [-0.2, -0.15) is 11.8 Å². The van der Waals surface area contributed by atoms with Crippen molar-refractivity contribution in [2.75, 3.05) is 41.9 Å². The second kappa shape index (κ2) is 6.30. The van der Waals surface area contributed by atoms with Crippen LogP contribution in [0.1, 0.15) is 6.42 Å². The van der Waals surface area contributed by atoms with E-state index in [4.69, 9.17) is 5.73 Å². The smallest absolute Gasteiger partial charge is 0.244 e. The Labute approximate surface area is 118 Å². The highest BCUT2D eigenvalue weighted by Crippen LogP contribution is 2.32. The van der Waals surface area contributed by atoms with E-state index in [1.807, 2.05) is 42.5 Å². The number of thioether (sulfide) groups is 1. The minimum atomic E-state index is -0.399. The number of hydrogen-bond acceptors (Lipinski definition) is 4. The van der Waals surface area contributed by atoms with E-state index in [-0.39, 0.29) is 5.91 Å². The Morgan fingerprint density at radius 3 is 2.74 bits per heavy atom. The number of amides is 1. The summed E-state index contributed by atoms with van der Waals surface area (Å²) in [6, 6.07) is 7.60. The second-order valence-electron chi connectivity index (χ2n) is 4.79. The van der Waals surface area contributed by atoms with Crippen LogP contribution in [0.5, 0.6) is 0 Å². The molecule has 4 nitrogen and oxygen atoms in total. The summed E-state index contributed by atoms with van der Waals surface area (Å²) in [5.74, 6) is 0.956. The van der Waals surface area contributed by atoms with Gasteiger partial charge in [0, 0.05) is 20.1 Å². The van der Waals surface area contributed by atoms with E-state index in [9.17, 15) is 4.79 Å². The van der Waals surface area contributed by atoms with Crippen LogP contribution in [-0.2, 0) is 4.79 Å². The first-order chi connectivity index (χ1) is 9.15. The summed E-state index contributed by atoms with van der Waals surface area (Å²) in [5, 5.41) is 0. The Balaban J connectivity index is 2.18. The highest BCUT2D eigenvalue weighted by molar-refractivity contribution is 7.98. The van der Waals surface area contributed by atoms with Crippen LogP contribution in [0.25, 0.3) is 0 Å². The minimum absolute atomic E-state index is 0.0367. The maximum absolute atomic E-state index is 12.4. The van der Waals surface area contributed by atoms with Gasteiger partial charge in [0.1, 0.15) is 0 Å². The van der Waals surface area contributed by atoms with Gasteiger partial charge in [0.25, 0.3) is 0 Å². The molecular weight excluding hydrogens is 258 g/mol. The summed E-state index contributed by atoms with van der Waals surface area (Å²) >= 11 is 1.72. The third kappa shape index (κ3) is 3.04. The lowest BCUT2D eigenvalue weighted by molar-refractivity contribution is -0.119. The lowest BCUT2D eigenvalue weighted by Crippen LogP contribution is -2.49. The van der Waals surface area contributed by atoms with Crippen LogP contribution in [0.2, 0.25) is 0 Å². The Bertz CT molecular complexity index is 452. The molecule has 1 aromatic carbocycles. The number of carbonyl (C=O) groups is 1. The zero-order valence-corrected chi connectivity index (χ0v) is 12.3. The molecule has 1 heterocycles. The maximum atomic E-state index is 12.4. The average Bonchev–Trinajstić information content (AvgIpc) is 2.45. The molecule has 1 amide bonds. The van der Waals surface area contributed by atoms with Crippen LogP contribution in [-0.4, -0.2) is 44.1 Å². The lowest BCUT2D eigenvalue weighted by atomic mass is 10.1. The van der Waals surface area contributed by atoms with Gasteiger partial charge in [-0.3, -0.25) is 4.79 Å². The Hall–Kier alpha value is -1.20. The van der Waals surface area contributed by atoms with Crippen LogP contribution < -0.4 is 15.5 Å². The minimum Gasteiger partial charge on any atom is -0.371 e. The Morgan fingerprint density at radius 1 is 1.37 bits per heavy atom. The normalized spacial score (nSPS) is 16.2. The summed E-state index contributed by atoms with van der Waals surface area (Å²) in [6.45, 7) is 1.55. The fourth-order valence-electron chi connectivity index (χ4n) is 2.30. The highest BCUT2D eigenvalue weighted by Gasteiger charge is 2.27. The number of fused-ring (bicyclic) bond motifs is 1. The number of hydrogen-bond donors (Lipinski definition) is 1. The quantitative estimate of drug-likeness (QED) is 0.908. The predicted molar refractivity (Wildman–Crippen MR) is 83.0 cm³/mol. The second-order valence-corrected chi connectivity index (χ2v) is 5.77. The van der Waals surface area contributed by atoms with Gasteiger partial charge in [-0.1, -0.05) is 12.1 Å². The topological polar surface area (TPSA) is 49.6 Å². The molecule has 2 N–H and O–H groups in total. The summed E-state index contributed by atoms with van der Waals surface area (Å²) in [7, 11) is 2.05. The van der Waals surface area contributed by atoms with Gasteiger partial charge in [0.05, 0.1) is 17.4 Å². The van der Waals surface area contributed by atoms with Crippen molar-refractivity contribution in [1.29, 1.82) is 0 Å². The summed E-state index contributed by atoms with van der Waals surface area (Å²) in [4.78, 5) is 16.5. The molecule has 0 spiro atoms. The van der Waals surface area contributed by atoms with E-state index < -0.39 is 6.04 Å². The van der Waals surface area contributed by atoms with Crippen molar-refractivity contribution in [2.24, 2.45) is 5.73 Å². The van der Waals surface area contributed by atoms with Crippen molar-refractivity contribution in [3.05, 3.63) is 24.3 Å². The summed E-state index contributed by atoms with van der Waals surface area (Å²) in [5.41, 5.74) is 8.08. The zero-order chi connectivity index (χ0) is 13.8. The van der Waals surface area contributed by atoms with Gasteiger partial charge < -0.3 is 15.5 Å². The molecule has 0 radical (unpaired) electrons. The van der Waals surface area contributed by atoms with E-state index in [1.165, 1.54) is 0 Å². The molecule has 5 heteroatoms. The number of nitrogens with two attached hydrogens (primary N) is 1. The standard InChI is InChI=1S/C14H21N3OS/c1-16-8-9-17(13-6-4-3-5-12(13)16)14(18)11(15)7-10-19-2/h3-6,11H,7-10,15H2,1-2H3/t11-/m0/s1. The molecule has 0 aromatic heterocycles. The summed E-state index contributed by atoms with van der Waals surface area (Å²) < 4.78 is 0. The third-order valence-electron chi connectivity index (χ3n) is 3.46. The molecular formula is C14H21N3OS. The molecule has 2 rings (SSSR count). The molecule has 1 aliphatic heterocycles. The molecule has 1 atom stereocenters. The zero-order valence-electron chi connectivity index (χ0n) is 11.5. The molecule has 0 aliphatic carbocycles. The fraction of sp³-hybridized carbons (Fsp3) is 0.500. The molecule has 0 saturated carbocycles. The maximum Gasteiger partial charge on any atom is 0.244 e. The molecule has 1 aliphatic rings. The van der Waals surface area contributed by atoms with Crippen LogP contribution in [0.4, 0.5) is 11.4 Å². The van der Waals surface area contributed by atoms with Crippen molar-refractivity contribution < 1.29 is 4.79 Å². The third-order valence-corrected chi connectivity index (χ3v) is 4.10. The van der Waals surface area contributed by atoms with E-state index in [1.54, 1.807) is 11.8 Å². The Morgan fingerprint density at radius 2 is 2.05 bits per heavy atom. The first-order valence-corrected chi connectivity index (χ1v) is 7.90. The SMILES string of the molecule is CSCC[C@H](N)C(=O)N1CCN(C)c2ccccc21. The van der Waals surface area contributed by atoms with Crippen molar-refractivity contribution in [3.63, 3.8) is 0 Å². The number of nitrogens with zero attached hydrogens (tertiary/aromatic N) is 2. The number of benzene rings is 1. The van der Waals surface area contributed by atoms with Crippen LogP contribution >= 0.6 is 11.8 Å². The first-order valence-electron chi connectivity index (χ1n) is 6.51. The van der Waals surface area contributed by atoms with Gasteiger partial charge in [-0.15, -0.1) is 0 Å². The molecule has 0 fully saturated rings. The van der Waals surface area contributed by atoms with Gasteiger partial charge >= 0.3 is 0 Å². The largest absolute Gasteiger partial charge is 0.371 e. The van der Waals surface area contributed by atoms with E-state index in [0.717, 1.165) is 30.1 Å². The van der Waals surface area contributed by atoms with Crippen molar-refractivity contribution in [1.82, 2.24) is 0 Å². The van der Waals surface area contributed by atoms with E-state index in [2.05, 4.69) is 4.90 Å².